The molecule has 76 valence electrons. The summed E-state index contributed by atoms with van der Waals surface area (Å²) in [5, 5.41) is 0. The summed E-state index contributed by atoms with van der Waals surface area (Å²) in [6.45, 7) is 5.36. The van der Waals surface area contributed by atoms with Crippen molar-refractivity contribution in [2.75, 3.05) is 0 Å². The van der Waals surface area contributed by atoms with Gasteiger partial charge in [-0.25, -0.2) is 4.98 Å². The Morgan fingerprint density at radius 2 is 2.36 bits per heavy atom. The summed E-state index contributed by atoms with van der Waals surface area (Å²) in [5.41, 5.74) is 6.97. The van der Waals surface area contributed by atoms with Crippen LogP contribution in [0.15, 0.2) is 6.33 Å². The number of hydrogen-bond acceptors (Lipinski definition) is 2. The van der Waals surface area contributed by atoms with Crippen LogP contribution in [0.1, 0.15) is 36.5 Å². The zero-order valence-corrected chi connectivity index (χ0v) is 8.58. The highest BCUT2D eigenvalue weighted by Gasteiger charge is 2.28. The molecule has 1 aromatic rings. The molecule has 0 fully saturated rings. The van der Waals surface area contributed by atoms with E-state index in [4.69, 9.17) is 5.73 Å². The largest absolute Gasteiger partial charge is 0.364 e. The number of nitrogens with two attached hydrogens (primary N) is 1. The third kappa shape index (κ3) is 1.41. The smallest absolute Gasteiger partial charge is 0.269 e. The lowest BCUT2D eigenvalue weighted by Crippen LogP contribution is -2.28. The van der Waals surface area contributed by atoms with E-state index in [9.17, 15) is 4.79 Å². The summed E-state index contributed by atoms with van der Waals surface area (Å²) in [4.78, 5) is 15.1. The molecule has 4 nitrogen and oxygen atoms in total. The number of primary amides is 1. The molecule has 14 heavy (non-hydrogen) atoms. The summed E-state index contributed by atoms with van der Waals surface area (Å²) < 4.78 is 2.05. The maximum atomic E-state index is 11.0. The number of hydrogen-bond donors (Lipinski definition) is 1. The van der Waals surface area contributed by atoms with Crippen LogP contribution in [0.25, 0.3) is 0 Å². The second-order valence-electron chi connectivity index (χ2n) is 4.70. The van der Waals surface area contributed by atoms with Gasteiger partial charge in [-0.3, -0.25) is 4.79 Å². The Bertz CT molecular complexity index is 379. The molecule has 0 radical (unpaired) electrons. The highest BCUT2D eigenvalue weighted by Crippen LogP contribution is 2.31. The normalized spacial score (nSPS) is 19.0. The topological polar surface area (TPSA) is 60.9 Å². The molecule has 1 aliphatic heterocycles. The molecule has 1 amide bonds. The van der Waals surface area contributed by atoms with Gasteiger partial charge in [0.15, 0.2) is 0 Å². The van der Waals surface area contributed by atoms with Crippen LogP contribution in [0.4, 0.5) is 0 Å². The minimum absolute atomic E-state index is 0.294. The number of amides is 1. The zero-order valence-electron chi connectivity index (χ0n) is 8.58. The van der Waals surface area contributed by atoms with E-state index >= 15 is 0 Å². The molecule has 0 bridgehead atoms. The summed E-state index contributed by atoms with van der Waals surface area (Å²) in [6, 6.07) is 0. The van der Waals surface area contributed by atoms with Crippen LogP contribution >= 0.6 is 0 Å². The van der Waals surface area contributed by atoms with Crippen molar-refractivity contribution < 1.29 is 4.79 Å². The molecule has 0 saturated carbocycles. The molecule has 2 rings (SSSR count). The van der Waals surface area contributed by atoms with Crippen molar-refractivity contribution in [3.05, 3.63) is 17.7 Å². The molecular formula is C10H15N3O. The third-order valence-electron chi connectivity index (χ3n) is 2.82. The minimum atomic E-state index is -0.418. The number of aromatic nitrogens is 2. The molecular weight excluding hydrogens is 178 g/mol. The van der Waals surface area contributed by atoms with Crippen LogP contribution in [0.2, 0.25) is 0 Å². The summed E-state index contributed by atoms with van der Waals surface area (Å²) in [5.74, 6) is -0.418. The van der Waals surface area contributed by atoms with Crippen molar-refractivity contribution in [1.29, 1.82) is 0 Å². The van der Waals surface area contributed by atoms with Crippen LogP contribution in [0, 0.1) is 5.41 Å². The summed E-state index contributed by atoms with van der Waals surface area (Å²) in [7, 11) is 0. The number of fused-ring (bicyclic) bond motifs is 1. The highest BCUT2D eigenvalue weighted by molar-refractivity contribution is 5.92. The Labute approximate surface area is 83.1 Å². The summed E-state index contributed by atoms with van der Waals surface area (Å²) in [6.07, 6.45) is 3.70. The maximum absolute atomic E-state index is 11.0. The fourth-order valence-electron chi connectivity index (χ4n) is 2.01. The molecule has 0 saturated heterocycles. The Hall–Kier alpha value is -1.32. The SMILES string of the molecule is CC1(C)CCc2c(C(N)=O)ncn2C1. The first-order chi connectivity index (χ1) is 6.49. The van der Waals surface area contributed by atoms with Gasteiger partial charge in [-0.05, 0) is 18.3 Å². The Kier molecular flexibility index (Phi) is 1.87. The van der Waals surface area contributed by atoms with Crippen molar-refractivity contribution in [1.82, 2.24) is 9.55 Å². The van der Waals surface area contributed by atoms with E-state index in [1.807, 2.05) is 4.57 Å². The molecule has 0 aromatic carbocycles. The Morgan fingerprint density at radius 1 is 1.64 bits per heavy atom. The van der Waals surface area contributed by atoms with E-state index in [0.29, 0.717) is 11.1 Å². The van der Waals surface area contributed by atoms with Gasteiger partial charge in [0.05, 0.1) is 12.0 Å². The fraction of sp³-hybridized carbons (Fsp3) is 0.600. The van der Waals surface area contributed by atoms with E-state index in [1.165, 1.54) is 0 Å². The molecule has 1 aliphatic rings. The minimum Gasteiger partial charge on any atom is -0.364 e. The zero-order chi connectivity index (χ0) is 10.3. The van der Waals surface area contributed by atoms with Crippen LogP contribution in [0.3, 0.4) is 0 Å². The van der Waals surface area contributed by atoms with E-state index < -0.39 is 5.91 Å². The van der Waals surface area contributed by atoms with Crippen molar-refractivity contribution in [2.45, 2.75) is 33.2 Å². The quantitative estimate of drug-likeness (QED) is 0.722. The van der Waals surface area contributed by atoms with E-state index in [0.717, 1.165) is 25.1 Å². The number of imidazole rings is 1. The van der Waals surface area contributed by atoms with Crippen LogP contribution in [-0.2, 0) is 13.0 Å². The number of carbonyl (C=O) groups excluding carboxylic acids is 1. The first kappa shape index (κ1) is 9.24. The Balaban J connectivity index is 2.39. The van der Waals surface area contributed by atoms with Crippen molar-refractivity contribution in [3.63, 3.8) is 0 Å². The van der Waals surface area contributed by atoms with Gasteiger partial charge in [0, 0.05) is 6.54 Å². The molecule has 1 aromatic heterocycles. The van der Waals surface area contributed by atoms with Crippen molar-refractivity contribution >= 4 is 5.91 Å². The molecule has 0 spiro atoms. The Morgan fingerprint density at radius 3 is 3.00 bits per heavy atom. The van der Waals surface area contributed by atoms with Gasteiger partial charge in [0.2, 0.25) is 0 Å². The van der Waals surface area contributed by atoms with Crippen LogP contribution in [-0.4, -0.2) is 15.5 Å². The molecule has 0 unspecified atom stereocenters. The standard InChI is InChI=1S/C10H15N3O/c1-10(2)4-3-7-8(9(11)14)12-6-13(7)5-10/h6H,3-5H2,1-2H3,(H2,11,14). The van der Waals surface area contributed by atoms with Crippen molar-refractivity contribution in [2.24, 2.45) is 11.1 Å². The second-order valence-corrected chi connectivity index (χ2v) is 4.70. The number of rotatable bonds is 1. The monoisotopic (exact) mass is 193 g/mol. The molecule has 0 atom stereocenters. The second kappa shape index (κ2) is 2.83. The molecule has 2 N–H and O–H groups in total. The lowest BCUT2D eigenvalue weighted by atomic mass is 9.84. The van der Waals surface area contributed by atoms with Crippen molar-refractivity contribution in [3.8, 4) is 0 Å². The van der Waals surface area contributed by atoms with Gasteiger partial charge >= 0.3 is 0 Å². The third-order valence-corrected chi connectivity index (χ3v) is 2.82. The average Bonchev–Trinajstić information content (AvgIpc) is 2.44. The highest BCUT2D eigenvalue weighted by atomic mass is 16.1. The van der Waals surface area contributed by atoms with E-state index in [1.54, 1.807) is 6.33 Å². The number of nitrogens with zero attached hydrogens (tertiary/aromatic N) is 2. The molecule has 2 heterocycles. The first-order valence-corrected chi connectivity index (χ1v) is 4.83. The van der Waals surface area contributed by atoms with Gasteiger partial charge in [0.25, 0.3) is 5.91 Å². The van der Waals surface area contributed by atoms with Gasteiger partial charge in [-0.15, -0.1) is 0 Å². The molecule has 0 aliphatic carbocycles. The van der Waals surface area contributed by atoms with Crippen LogP contribution < -0.4 is 5.73 Å². The first-order valence-electron chi connectivity index (χ1n) is 4.83. The lowest BCUT2D eigenvalue weighted by Gasteiger charge is -2.30. The van der Waals surface area contributed by atoms with Gasteiger partial charge in [-0.2, -0.15) is 0 Å². The van der Waals surface area contributed by atoms with Crippen LogP contribution in [0.5, 0.6) is 0 Å². The predicted octanol–water partition coefficient (Wildman–Crippen LogP) is 0.954. The lowest BCUT2D eigenvalue weighted by molar-refractivity contribution is 0.0993. The molecule has 4 heteroatoms. The average molecular weight is 193 g/mol. The van der Waals surface area contributed by atoms with Gasteiger partial charge < -0.3 is 10.3 Å². The number of carbonyl (C=O) groups is 1. The van der Waals surface area contributed by atoms with Gasteiger partial charge in [0.1, 0.15) is 5.69 Å². The fourth-order valence-corrected chi connectivity index (χ4v) is 2.01. The maximum Gasteiger partial charge on any atom is 0.269 e. The van der Waals surface area contributed by atoms with E-state index in [-0.39, 0.29) is 0 Å². The predicted molar refractivity (Wildman–Crippen MR) is 52.8 cm³/mol. The summed E-state index contributed by atoms with van der Waals surface area (Å²) >= 11 is 0. The van der Waals surface area contributed by atoms with Gasteiger partial charge in [-0.1, -0.05) is 13.8 Å². The van der Waals surface area contributed by atoms with E-state index in [2.05, 4.69) is 18.8 Å².